The Labute approximate surface area is 167 Å². The standard InChI is InChI=1S/C20H22FN5O3/c1-2-26-17(9-11-22-26)20(27)25-12-3-4-16(25)19-23-18(24-29-19)10-13-28-15-7-5-14(21)6-8-15/h5-9,11,16H,2-4,10,12-13H2,1H3. The lowest BCUT2D eigenvalue weighted by atomic mass is 10.2. The monoisotopic (exact) mass is 399 g/mol. The number of benzene rings is 1. The number of hydrogen-bond acceptors (Lipinski definition) is 6. The summed E-state index contributed by atoms with van der Waals surface area (Å²) in [6.07, 6.45) is 3.74. The lowest BCUT2D eigenvalue weighted by molar-refractivity contribution is 0.0697. The van der Waals surface area contributed by atoms with Crippen LogP contribution in [0.2, 0.25) is 0 Å². The van der Waals surface area contributed by atoms with Gasteiger partial charge in [0.05, 0.1) is 6.61 Å². The van der Waals surface area contributed by atoms with Crippen molar-refractivity contribution in [1.82, 2.24) is 24.8 Å². The van der Waals surface area contributed by atoms with Crippen molar-refractivity contribution >= 4 is 5.91 Å². The van der Waals surface area contributed by atoms with Gasteiger partial charge in [0.1, 0.15) is 23.3 Å². The summed E-state index contributed by atoms with van der Waals surface area (Å²) in [7, 11) is 0. The van der Waals surface area contributed by atoms with Gasteiger partial charge in [0.2, 0.25) is 5.89 Å². The number of amides is 1. The Balaban J connectivity index is 1.39. The highest BCUT2D eigenvalue weighted by atomic mass is 19.1. The topological polar surface area (TPSA) is 86.3 Å². The third kappa shape index (κ3) is 4.13. The predicted octanol–water partition coefficient (Wildman–Crippen LogP) is 3.02. The molecule has 0 saturated carbocycles. The number of likely N-dealkylation sites (tertiary alicyclic amines) is 1. The Morgan fingerprint density at radius 1 is 1.31 bits per heavy atom. The molecule has 3 heterocycles. The van der Waals surface area contributed by atoms with Crippen LogP contribution in [0.4, 0.5) is 4.39 Å². The minimum absolute atomic E-state index is 0.0776. The summed E-state index contributed by atoms with van der Waals surface area (Å²) in [5, 5.41) is 8.19. The fourth-order valence-electron chi connectivity index (χ4n) is 3.48. The SMILES string of the molecule is CCn1nccc1C(=O)N1CCCC1c1nc(CCOc2ccc(F)cc2)no1. The molecule has 1 saturated heterocycles. The number of halogens is 1. The van der Waals surface area contributed by atoms with Crippen molar-refractivity contribution in [2.24, 2.45) is 0 Å². The van der Waals surface area contributed by atoms with Crippen LogP contribution in [-0.4, -0.2) is 43.9 Å². The number of aromatic nitrogens is 4. The van der Waals surface area contributed by atoms with Crippen molar-refractivity contribution in [1.29, 1.82) is 0 Å². The number of hydrogen-bond donors (Lipinski definition) is 0. The average molecular weight is 399 g/mol. The molecule has 8 nitrogen and oxygen atoms in total. The molecule has 1 fully saturated rings. The lowest BCUT2D eigenvalue weighted by Gasteiger charge is -2.22. The highest BCUT2D eigenvalue weighted by Gasteiger charge is 2.35. The van der Waals surface area contributed by atoms with Gasteiger partial charge in [0.25, 0.3) is 5.91 Å². The van der Waals surface area contributed by atoms with E-state index in [4.69, 9.17) is 9.26 Å². The number of carbonyl (C=O) groups excluding carboxylic acids is 1. The molecule has 152 valence electrons. The van der Waals surface area contributed by atoms with Crippen molar-refractivity contribution in [3.05, 3.63) is 59.8 Å². The molecule has 4 rings (SSSR count). The van der Waals surface area contributed by atoms with Crippen molar-refractivity contribution < 1.29 is 18.4 Å². The molecule has 2 aromatic heterocycles. The van der Waals surface area contributed by atoms with Gasteiger partial charge in [-0.1, -0.05) is 5.16 Å². The zero-order chi connectivity index (χ0) is 20.2. The minimum atomic E-state index is -0.308. The molecule has 9 heteroatoms. The van der Waals surface area contributed by atoms with E-state index in [9.17, 15) is 9.18 Å². The first kappa shape index (κ1) is 19.1. The lowest BCUT2D eigenvalue weighted by Crippen LogP contribution is -2.32. The maximum Gasteiger partial charge on any atom is 0.272 e. The third-order valence-electron chi connectivity index (χ3n) is 4.93. The van der Waals surface area contributed by atoms with Crippen LogP contribution < -0.4 is 4.74 Å². The van der Waals surface area contributed by atoms with Gasteiger partial charge in [-0.3, -0.25) is 9.48 Å². The molecule has 1 aliphatic rings. The Kier molecular flexibility index (Phi) is 5.55. The molecule has 0 aliphatic carbocycles. The van der Waals surface area contributed by atoms with E-state index in [1.807, 2.05) is 6.92 Å². The van der Waals surface area contributed by atoms with Crippen molar-refractivity contribution in [2.45, 2.75) is 38.8 Å². The van der Waals surface area contributed by atoms with Gasteiger partial charge in [-0.2, -0.15) is 10.1 Å². The Hall–Kier alpha value is -3.23. The van der Waals surface area contributed by atoms with E-state index in [1.165, 1.54) is 12.1 Å². The van der Waals surface area contributed by atoms with E-state index in [0.717, 1.165) is 12.8 Å². The second-order valence-corrected chi connectivity index (χ2v) is 6.79. The van der Waals surface area contributed by atoms with Crippen LogP contribution in [0, 0.1) is 5.82 Å². The summed E-state index contributed by atoms with van der Waals surface area (Å²) >= 11 is 0. The fourth-order valence-corrected chi connectivity index (χ4v) is 3.48. The number of carbonyl (C=O) groups is 1. The molecular formula is C20H22FN5O3. The third-order valence-corrected chi connectivity index (χ3v) is 4.93. The molecule has 0 spiro atoms. The van der Waals surface area contributed by atoms with Gasteiger partial charge in [-0.15, -0.1) is 0 Å². The van der Waals surface area contributed by atoms with Crippen molar-refractivity contribution in [3.8, 4) is 5.75 Å². The van der Waals surface area contributed by atoms with E-state index in [1.54, 1.807) is 34.0 Å². The first-order chi connectivity index (χ1) is 14.2. The second-order valence-electron chi connectivity index (χ2n) is 6.79. The Morgan fingerprint density at radius 2 is 2.14 bits per heavy atom. The van der Waals surface area contributed by atoms with Crippen LogP contribution in [0.5, 0.6) is 5.75 Å². The summed E-state index contributed by atoms with van der Waals surface area (Å²) in [4.78, 5) is 19.2. The van der Waals surface area contributed by atoms with Crippen LogP contribution in [0.3, 0.4) is 0 Å². The van der Waals surface area contributed by atoms with E-state index in [2.05, 4.69) is 15.2 Å². The molecule has 1 unspecified atom stereocenters. The first-order valence-corrected chi connectivity index (χ1v) is 9.69. The van der Waals surface area contributed by atoms with Crippen LogP contribution in [0.15, 0.2) is 41.1 Å². The minimum Gasteiger partial charge on any atom is -0.493 e. The normalized spacial score (nSPS) is 16.3. The zero-order valence-electron chi connectivity index (χ0n) is 16.1. The summed E-state index contributed by atoms with van der Waals surface area (Å²) in [5.41, 5.74) is 0.562. The van der Waals surface area contributed by atoms with E-state index in [-0.39, 0.29) is 17.8 Å². The molecule has 0 bridgehead atoms. The smallest absolute Gasteiger partial charge is 0.272 e. The van der Waals surface area contributed by atoms with Crippen LogP contribution >= 0.6 is 0 Å². The number of rotatable bonds is 7. The summed E-state index contributed by atoms with van der Waals surface area (Å²) in [6.45, 7) is 3.56. The average Bonchev–Trinajstić information content (AvgIpc) is 3.48. The Bertz CT molecular complexity index is 969. The Morgan fingerprint density at radius 3 is 2.93 bits per heavy atom. The molecular weight excluding hydrogens is 377 g/mol. The fraction of sp³-hybridized carbons (Fsp3) is 0.400. The van der Waals surface area contributed by atoms with E-state index >= 15 is 0 Å². The molecule has 29 heavy (non-hydrogen) atoms. The van der Waals surface area contributed by atoms with E-state index < -0.39 is 0 Å². The molecule has 1 aliphatic heterocycles. The van der Waals surface area contributed by atoms with Gasteiger partial charge in [0, 0.05) is 25.7 Å². The van der Waals surface area contributed by atoms with E-state index in [0.29, 0.717) is 49.3 Å². The number of ether oxygens (including phenoxy) is 1. The highest BCUT2D eigenvalue weighted by Crippen LogP contribution is 2.32. The van der Waals surface area contributed by atoms with Crippen LogP contribution in [0.1, 0.15) is 48.0 Å². The highest BCUT2D eigenvalue weighted by molar-refractivity contribution is 5.93. The molecule has 1 atom stereocenters. The quantitative estimate of drug-likeness (QED) is 0.607. The predicted molar refractivity (Wildman–Crippen MR) is 101 cm³/mol. The van der Waals surface area contributed by atoms with Crippen LogP contribution in [-0.2, 0) is 13.0 Å². The maximum absolute atomic E-state index is 13.0. The number of aryl methyl sites for hydroxylation is 1. The molecule has 1 amide bonds. The largest absolute Gasteiger partial charge is 0.493 e. The van der Waals surface area contributed by atoms with Gasteiger partial charge in [0.15, 0.2) is 5.82 Å². The summed E-state index contributed by atoms with van der Waals surface area (Å²) in [5.74, 6) is 1.15. The molecule has 0 radical (unpaired) electrons. The van der Waals surface area contributed by atoms with Gasteiger partial charge in [-0.25, -0.2) is 4.39 Å². The molecule has 0 N–H and O–H groups in total. The van der Waals surface area contributed by atoms with Gasteiger partial charge >= 0.3 is 0 Å². The van der Waals surface area contributed by atoms with Crippen molar-refractivity contribution in [2.75, 3.05) is 13.2 Å². The van der Waals surface area contributed by atoms with Gasteiger partial charge in [-0.05, 0) is 50.1 Å². The molecule has 3 aromatic rings. The first-order valence-electron chi connectivity index (χ1n) is 9.69. The summed E-state index contributed by atoms with van der Waals surface area (Å²) < 4.78 is 25.6. The molecule has 1 aromatic carbocycles. The van der Waals surface area contributed by atoms with Crippen molar-refractivity contribution in [3.63, 3.8) is 0 Å². The summed E-state index contributed by atoms with van der Waals surface area (Å²) in [6, 6.07) is 7.32. The second kappa shape index (κ2) is 8.42. The van der Waals surface area contributed by atoms with Crippen LogP contribution in [0.25, 0.3) is 0 Å². The maximum atomic E-state index is 13.0. The zero-order valence-corrected chi connectivity index (χ0v) is 16.1. The van der Waals surface area contributed by atoms with Gasteiger partial charge < -0.3 is 14.2 Å². The number of nitrogens with zero attached hydrogens (tertiary/aromatic N) is 5.